The first-order valence-electron chi connectivity index (χ1n) is 6.89. The van der Waals surface area contributed by atoms with Gasteiger partial charge in [0.1, 0.15) is 0 Å². The van der Waals surface area contributed by atoms with Crippen LogP contribution in [0.2, 0.25) is 0 Å². The maximum absolute atomic E-state index is 12.5. The number of aryl methyl sites for hydroxylation is 2. The summed E-state index contributed by atoms with van der Waals surface area (Å²) in [5, 5.41) is 10.0. The van der Waals surface area contributed by atoms with E-state index in [4.69, 9.17) is 0 Å². The van der Waals surface area contributed by atoms with Crippen LogP contribution in [-0.2, 0) is 7.05 Å². The fraction of sp³-hybridized carbons (Fsp3) is 0.188. The van der Waals surface area contributed by atoms with Crippen molar-refractivity contribution in [2.75, 3.05) is 6.54 Å². The van der Waals surface area contributed by atoms with Crippen molar-refractivity contribution in [2.45, 2.75) is 6.92 Å². The number of hydrogen-bond acceptors (Lipinski definition) is 4. The normalized spacial score (nSPS) is 10.8. The lowest BCUT2D eigenvalue weighted by atomic mass is 10.1. The molecule has 0 fully saturated rings. The molecule has 0 aromatic carbocycles. The first kappa shape index (κ1) is 14.5. The monoisotopic (exact) mass is 312 g/mol. The zero-order valence-electron chi connectivity index (χ0n) is 12.5. The van der Waals surface area contributed by atoms with Crippen LogP contribution in [0.15, 0.2) is 36.2 Å². The molecule has 6 heteroatoms. The molecule has 3 aromatic heterocycles. The predicted molar refractivity (Wildman–Crippen MR) is 89.1 cm³/mol. The van der Waals surface area contributed by atoms with E-state index in [2.05, 4.69) is 22.0 Å². The summed E-state index contributed by atoms with van der Waals surface area (Å²) >= 11 is 1.60. The van der Waals surface area contributed by atoms with Crippen molar-refractivity contribution >= 4 is 28.3 Å². The summed E-state index contributed by atoms with van der Waals surface area (Å²) in [5.74, 6) is -0.138. The van der Waals surface area contributed by atoms with E-state index in [0.717, 1.165) is 21.7 Å². The van der Waals surface area contributed by atoms with E-state index in [-0.39, 0.29) is 5.91 Å². The summed E-state index contributed by atoms with van der Waals surface area (Å²) in [6, 6.07) is 5.80. The van der Waals surface area contributed by atoms with Gasteiger partial charge in [-0.3, -0.25) is 9.48 Å². The lowest BCUT2D eigenvalue weighted by molar-refractivity contribution is 0.0959. The van der Waals surface area contributed by atoms with Gasteiger partial charge in [-0.05, 0) is 24.4 Å². The summed E-state index contributed by atoms with van der Waals surface area (Å²) in [7, 11) is 1.84. The van der Waals surface area contributed by atoms with Crippen molar-refractivity contribution in [1.29, 1.82) is 0 Å². The van der Waals surface area contributed by atoms with Gasteiger partial charge in [-0.2, -0.15) is 5.10 Å². The minimum atomic E-state index is -0.138. The third kappa shape index (κ3) is 2.42. The van der Waals surface area contributed by atoms with Crippen LogP contribution in [0.5, 0.6) is 0 Å². The molecule has 0 radical (unpaired) electrons. The Bertz CT molecular complexity index is 849. The Labute approximate surface area is 132 Å². The number of pyridine rings is 1. The van der Waals surface area contributed by atoms with Crippen LogP contribution in [0.25, 0.3) is 21.6 Å². The molecule has 0 saturated carbocycles. The molecule has 0 aliphatic rings. The third-order valence-electron chi connectivity index (χ3n) is 3.39. The molecule has 0 aliphatic carbocycles. The second kappa shape index (κ2) is 5.73. The smallest absolute Gasteiger partial charge is 0.252 e. The molecular formula is C16H16N4OS. The van der Waals surface area contributed by atoms with Crippen LogP contribution >= 0.6 is 11.3 Å². The van der Waals surface area contributed by atoms with Crippen LogP contribution in [0.3, 0.4) is 0 Å². The summed E-state index contributed by atoms with van der Waals surface area (Å²) in [6.07, 6.45) is 1.66. The van der Waals surface area contributed by atoms with Gasteiger partial charge in [0.2, 0.25) is 0 Å². The fourth-order valence-corrected chi connectivity index (χ4v) is 3.12. The molecule has 3 aromatic rings. The number of rotatable bonds is 4. The lowest BCUT2D eigenvalue weighted by Gasteiger charge is -2.07. The second-order valence-electron chi connectivity index (χ2n) is 4.94. The van der Waals surface area contributed by atoms with Crippen molar-refractivity contribution in [2.24, 2.45) is 7.05 Å². The molecule has 3 heterocycles. The van der Waals surface area contributed by atoms with Gasteiger partial charge >= 0.3 is 0 Å². The number of fused-ring (bicyclic) bond motifs is 1. The van der Waals surface area contributed by atoms with Gasteiger partial charge < -0.3 is 5.32 Å². The number of carbonyl (C=O) groups is 1. The first-order chi connectivity index (χ1) is 10.6. The maximum atomic E-state index is 12.5. The molecule has 1 amide bonds. The number of nitrogens with zero attached hydrogens (tertiary/aromatic N) is 3. The quantitative estimate of drug-likeness (QED) is 0.754. The van der Waals surface area contributed by atoms with Crippen molar-refractivity contribution in [1.82, 2.24) is 20.1 Å². The Kier molecular flexibility index (Phi) is 3.77. The van der Waals surface area contributed by atoms with E-state index in [1.807, 2.05) is 37.6 Å². The summed E-state index contributed by atoms with van der Waals surface area (Å²) in [4.78, 5) is 18.2. The van der Waals surface area contributed by atoms with Gasteiger partial charge in [0.15, 0.2) is 5.65 Å². The summed E-state index contributed by atoms with van der Waals surface area (Å²) < 4.78 is 1.71. The van der Waals surface area contributed by atoms with E-state index < -0.39 is 0 Å². The molecule has 5 nitrogen and oxygen atoms in total. The molecule has 0 aliphatic heterocycles. The van der Waals surface area contributed by atoms with Gasteiger partial charge in [0.05, 0.1) is 27.2 Å². The highest BCUT2D eigenvalue weighted by Crippen LogP contribution is 2.29. The molecule has 0 bridgehead atoms. The van der Waals surface area contributed by atoms with Crippen molar-refractivity contribution in [3.05, 3.63) is 47.5 Å². The molecule has 0 saturated heterocycles. The standard InChI is InChI=1S/C16H16N4OS/c1-4-7-17-16(21)11-9-12(13-6-5-8-22-13)18-15-14(11)10(2)19-20(15)3/h4-6,8-9H,1,7H2,2-3H3,(H,17,21). The van der Waals surface area contributed by atoms with E-state index >= 15 is 0 Å². The first-order valence-corrected chi connectivity index (χ1v) is 7.77. The van der Waals surface area contributed by atoms with Crippen LogP contribution in [0.1, 0.15) is 16.1 Å². The van der Waals surface area contributed by atoms with Crippen molar-refractivity contribution in [3.63, 3.8) is 0 Å². The van der Waals surface area contributed by atoms with Crippen LogP contribution in [0, 0.1) is 6.92 Å². The fourth-order valence-electron chi connectivity index (χ4n) is 2.43. The Balaban J connectivity index is 2.23. The highest BCUT2D eigenvalue weighted by atomic mass is 32.1. The molecule has 0 spiro atoms. The molecule has 3 rings (SSSR count). The van der Waals surface area contributed by atoms with Crippen LogP contribution in [0.4, 0.5) is 0 Å². The number of carbonyl (C=O) groups excluding carboxylic acids is 1. The highest BCUT2D eigenvalue weighted by Gasteiger charge is 2.19. The second-order valence-corrected chi connectivity index (χ2v) is 5.89. The molecule has 0 atom stereocenters. The molecule has 112 valence electrons. The predicted octanol–water partition coefficient (Wildman–Crippen LogP) is 2.92. The minimum absolute atomic E-state index is 0.138. The van der Waals surface area contributed by atoms with Crippen LogP contribution < -0.4 is 5.32 Å². The average molecular weight is 312 g/mol. The van der Waals surface area contributed by atoms with Gasteiger partial charge in [0, 0.05) is 13.6 Å². The third-order valence-corrected chi connectivity index (χ3v) is 4.29. The molecular weight excluding hydrogens is 296 g/mol. The van der Waals surface area contributed by atoms with E-state index in [1.165, 1.54) is 0 Å². The van der Waals surface area contributed by atoms with Crippen LogP contribution in [-0.4, -0.2) is 27.2 Å². The largest absolute Gasteiger partial charge is 0.349 e. The summed E-state index contributed by atoms with van der Waals surface area (Å²) in [6.45, 7) is 5.94. The van der Waals surface area contributed by atoms with E-state index in [0.29, 0.717) is 17.8 Å². The number of nitrogens with one attached hydrogen (secondary N) is 1. The SMILES string of the molecule is C=CCNC(=O)c1cc(-c2cccs2)nc2c1c(C)nn2C. The zero-order valence-corrected chi connectivity index (χ0v) is 13.3. The van der Waals surface area contributed by atoms with Gasteiger partial charge in [-0.1, -0.05) is 12.1 Å². The van der Waals surface area contributed by atoms with Gasteiger partial charge in [-0.15, -0.1) is 17.9 Å². The minimum Gasteiger partial charge on any atom is -0.349 e. The average Bonchev–Trinajstić information content (AvgIpc) is 3.13. The van der Waals surface area contributed by atoms with Crippen molar-refractivity contribution < 1.29 is 4.79 Å². The molecule has 1 N–H and O–H groups in total. The topological polar surface area (TPSA) is 59.8 Å². The number of aromatic nitrogens is 3. The Hall–Kier alpha value is -2.47. The maximum Gasteiger partial charge on any atom is 0.252 e. The Morgan fingerprint density at radius 3 is 3.05 bits per heavy atom. The van der Waals surface area contributed by atoms with Gasteiger partial charge in [0.25, 0.3) is 5.91 Å². The van der Waals surface area contributed by atoms with E-state index in [9.17, 15) is 4.79 Å². The van der Waals surface area contributed by atoms with Crippen molar-refractivity contribution in [3.8, 4) is 10.6 Å². The van der Waals surface area contributed by atoms with Gasteiger partial charge in [-0.25, -0.2) is 4.98 Å². The summed E-state index contributed by atoms with van der Waals surface area (Å²) in [5.41, 5.74) is 2.90. The van der Waals surface area contributed by atoms with E-state index in [1.54, 1.807) is 22.1 Å². The Morgan fingerprint density at radius 1 is 1.55 bits per heavy atom. The highest BCUT2D eigenvalue weighted by molar-refractivity contribution is 7.13. The molecule has 0 unspecified atom stereocenters. The number of thiophene rings is 1. The zero-order chi connectivity index (χ0) is 15.7. The number of amides is 1. The number of hydrogen-bond donors (Lipinski definition) is 1. The molecule has 22 heavy (non-hydrogen) atoms. The Morgan fingerprint density at radius 2 is 2.36 bits per heavy atom. The lowest BCUT2D eigenvalue weighted by Crippen LogP contribution is -2.23.